The number of esters is 1. The van der Waals surface area contributed by atoms with E-state index in [1.807, 2.05) is 0 Å². The summed E-state index contributed by atoms with van der Waals surface area (Å²) < 4.78 is 30.4. The third-order valence-electron chi connectivity index (χ3n) is 5.07. The molecule has 0 unspecified atom stereocenters. The van der Waals surface area contributed by atoms with E-state index in [1.54, 1.807) is 50.4 Å². The van der Waals surface area contributed by atoms with Gasteiger partial charge in [0.1, 0.15) is 23.2 Å². The lowest BCUT2D eigenvalue weighted by atomic mass is 9.73. The molecule has 0 spiro atoms. The number of ether oxygens (including phenoxy) is 3. The molecule has 0 aliphatic heterocycles. The van der Waals surface area contributed by atoms with Crippen molar-refractivity contribution in [3.63, 3.8) is 0 Å². The Morgan fingerprint density at radius 1 is 1.14 bits per heavy atom. The maximum Gasteiger partial charge on any atom is 0.317 e. The van der Waals surface area contributed by atoms with Crippen molar-refractivity contribution in [3.05, 3.63) is 65.5 Å². The number of carbonyl (C=O) groups excluding carboxylic acids is 2. The molecule has 29 heavy (non-hydrogen) atoms. The lowest BCUT2D eigenvalue weighted by molar-refractivity contribution is -0.151. The second-order valence-corrected chi connectivity index (χ2v) is 6.70. The number of allylic oxidation sites excluding steroid dienone is 2. The Kier molecular flexibility index (Phi) is 6.32. The van der Waals surface area contributed by atoms with Crippen LogP contribution in [0.15, 0.2) is 48.5 Å². The summed E-state index contributed by atoms with van der Waals surface area (Å²) in [5.74, 6) is -2.11. The van der Waals surface area contributed by atoms with Crippen molar-refractivity contribution in [1.29, 1.82) is 0 Å². The van der Waals surface area contributed by atoms with Gasteiger partial charge in [0.15, 0.2) is 5.78 Å². The second-order valence-electron chi connectivity index (χ2n) is 6.70. The van der Waals surface area contributed by atoms with E-state index in [-0.39, 0.29) is 6.61 Å². The molecule has 0 N–H and O–H groups in total. The number of methoxy groups -OCH3 is 2. The Morgan fingerprint density at radius 2 is 1.90 bits per heavy atom. The summed E-state index contributed by atoms with van der Waals surface area (Å²) in [4.78, 5) is 25.5. The molecule has 0 radical (unpaired) electrons. The van der Waals surface area contributed by atoms with Gasteiger partial charge in [0.25, 0.3) is 0 Å². The molecule has 0 fully saturated rings. The van der Waals surface area contributed by atoms with Gasteiger partial charge in [-0.3, -0.25) is 9.59 Å². The van der Waals surface area contributed by atoms with Gasteiger partial charge >= 0.3 is 5.97 Å². The molecular formula is C23H23FO5. The van der Waals surface area contributed by atoms with Gasteiger partial charge < -0.3 is 14.2 Å². The SMILES string of the molecule is CCOC(=O)[C@@H]1C(=O)C=C(c2ccc(OC)cc2OC)C[C@H]1c1ccccc1F. The molecule has 0 saturated carbocycles. The van der Waals surface area contributed by atoms with Crippen LogP contribution < -0.4 is 9.47 Å². The van der Waals surface area contributed by atoms with Crippen LogP contribution in [0, 0.1) is 11.7 Å². The maximum atomic E-state index is 14.6. The van der Waals surface area contributed by atoms with Crippen LogP contribution in [-0.4, -0.2) is 32.6 Å². The molecule has 5 nitrogen and oxygen atoms in total. The van der Waals surface area contributed by atoms with Crippen molar-refractivity contribution in [1.82, 2.24) is 0 Å². The Hall–Kier alpha value is -3.15. The van der Waals surface area contributed by atoms with Crippen LogP contribution in [0.3, 0.4) is 0 Å². The van der Waals surface area contributed by atoms with Gasteiger partial charge in [-0.1, -0.05) is 18.2 Å². The van der Waals surface area contributed by atoms with E-state index in [0.717, 1.165) is 0 Å². The Bertz CT molecular complexity index is 950. The van der Waals surface area contributed by atoms with Crippen molar-refractivity contribution in [2.24, 2.45) is 5.92 Å². The number of ketones is 1. The smallest absolute Gasteiger partial charge is 0.317 e. The monoisotopic (exact) mass is 398 g/mol. The molecule has 2 atom stereocenters. The van der Waals surface area contributed by atoms with Crippen molar-refractivity contribution in [2.45, 2.75) is 19.3 Å². The number of halogens is 1. The summed E-state index contributed by atoms with van der Waals surface area (Å²) in [6.45, 7) is 1.82. The molecule has 2 aromatic carbocycles. The van der Waals surface area contributed by atoms with Crippen molar-refractivity contribution >= 4 is 17.3 Å². The predicted molar refractivity (Wildman–Crippen MR) is 106 cm³/mol. The molecule has 6 heteroatoms. The molecular weight excluding hydrogens is 375 g/mol. The summed E-state index contributed by atoms with van der Waals surface area (Å²) in [7, 11) is 3.08. The number of carbonyl (C=O) groups is 2. The largest absolute Gasteiger partial charge is 0.497 e. The minimum absolute atomic E-state index is 0.148. The third-order valence-corrected chi connectivity index (χ3v) is 5.07. The number of rotatable bonds is 6. The van der Waals surface area contributed by atoms with Gasteiger partial charge in [0, 0.05) is 17.5 Å². The fraction of sp³-hybridized carbons (Fsp3) is 0.304. The second kappa shape index (κ2) is 8.90. The maximum absolute atomic E-state index is 14.6. The van der Waals surface area contributed by atoms with Crippen LogP contribution in [0.2, 0.25) is 0 Å². The van der Waals surface area contributed by atoms with E-state index < -0.39 is 29.4 Å². The highest BCUT2D eigenvalue weighted by atomic mass is 19.1. The Balaban J connectivity index is 2.08. The minimum atomic E-state index is -1.08. The van der Waals surface area contributed by atoms with Crippen molar-refractivity contribution in [3.8, 4) is 11.5 Å². The first-order chi connectivity index (χ1) is 14.0. The number of hydrogen-bond donors (Lipinski definition) is 0. The van der Waals surface area contributed by atoms with Gasteiger partial charge in [0.05, 0.1) is 20.8 Å². The van der Waals surface area contributed by atoms with E-state index in [9.17, 15) is 14.0 Å². The van der Waals surface area contributed by atoms with Gasteiger partial charge in [0.2, 0.25) is 0 Å². The Labute approximate surface area is 169 Å². The molecule has 1 aliphatic carbocycles. The summed E-state index contributed by atoms with van der Waals surface area (Å²) >= 11 is 0. The highest BCUT2D eigenvalue weighted by molar-refractivity contribution is 6.11. The zero-order chi connectivity index (χ0) is 21.0. The fourth-order valence-corrected chi connectivity index (χ4v) is 3.70. The molecule has 0 saturated heterocycles. The van der Waals surface area contributed by atoms with Gasteiger partial charge in [-0.05, 0) is 48.8 Å². The normalized spacial score (nSPS) is 18.8. The molecule has 0 heterocycles. The van der Waals surface area contributed by atoms with E-state index >= 15 is 0 Å². The summed E-state index contributed by atoms with van der Waals surface area (Å²) in [6, 6.07) is 11.5. The molecule has 1 aliphatic rings. The predicted octanol–water partition coefficient (Wildman–Crippen LogP) is 4.16. The summed E-state index contributed by atoms with van der Waals surface area (Å²) in [6.07, 6.45) is 1.72. The van der Waals surface area contributed by atoms with Crippen LogP contribution in [0.25, 0.3) is 5.57 Å². The highest BCUT2D eigenvalue weighted by Crippen LogP contribution is 2.43. The first-order valence-electron chi connectivity index (χ1n) is 9.38. The lowest BCUT2D eigenvalue weighted by Crippen LogP contribution is -2.34. The van der Waals surface area contributed by atoms with Crippen LogP contribution >= 0.6 is 0 Å². The number of hydrogen-bond acceptors (Lipinski definition) is 5. The van der Waals surface area contributed by atoms with Crippen LogP contribution in [0.5, 0.6) is 11.5 Å². The van der Waals surface area contributed by atoms with Crippen LogP contribution in [-0.2, 0) is 14.3 Å². The van der Waals surface area contributed by atoms with E-state index in [1.165, 1.54) is 19.3 Å². The minimum Gasteiger partial charge on any atom is -0.497 e. The third kappa shape index (κ3) is 4.16. The molecule has 0 amide bonds. The van der Waals surface area contributed by atoms with Crippen LogP contribution in [0.1, 0.15) is 30.4 Å². The summed E-state index contributed by atoms with van der Waals surface area (Å²) in [5.41, 5.74) is 1.69. The zero-order valence-corrected chi connectivity index (χ0v) is 16.6. The molecule has 0 aromatic heterocycles. The van der Waals surface area contributed by atoms with Gasteiger partial charge in [-0.25, -0.2) is 4.39 Å². The quantitative estimate of drug-likeness (QED) is 0.540. The summed E-state index contributed by atoms with van der Waals surface area (Å²) in [5, 5.41) is 0. The molecule has 152 valence electrons. The average Bonchev–Trinajstić information content (AvgIpc) is 2.73. The van der Waals surface area contributed by atoms with Crippen LogP contribution in [0.4, 0.5) is 4.39 Å². The van der Waals surface area contributed by atoms with Gasteiger partial charge in [-0.15, -0.1) is 0 Å². The average molecular weight is 398 g/mol. The Morgan fingerprint density at radius 3 is 2.55 bits per heavy atom. The number of benzene rings is 2. The fourth-order valence-electron chi connectivity index (χ4n) is 3.70. The first-order valence-corrected chi connectivity index (χ1v) is 9.38. The highest BCUT2D eigenvalue weighted by Gasteiger charge is 2.41. The van der Waals surface area contributed by atoms with Crippen molar-refractivity contribution in [2.75, 3.05) is 20.8 Å². The van der Waals surface area contributed by atoms with E-state index in [4.69, 9.17) is 14.2 Å². The van der Waals surface area contributed by atoms with E-state index in [0.29, 0.717) is 34.6 Å². The molecule has 3 rings (SSSR count). The first kappa shape index (κ1) is 20.6. The zero-order valence-electron chi connectivity index (χ0n) is 16.6. The van der Waals surface area contributed by atoms with Crippen molar-refractivity contribution < 1.29 is 28.2 Å². The molecule has 2 aromatic rings. The van der Waals surface area contributed by atoms with E-state index in [2.05, 4.69) is 0 Å². The topological polar surface area (TPSA) is 61.8 Å². The molecule has 0 bridgehead atoms. The lowest BCUT2D eigenvalue weighted by Gasteiger charge is -2.30. The standard InChI is InChI=1S/C23H23FO5/c1-4-29-23(26)22-18(17-7-5-6-8-19(17)24)11-14(12-20(22)25)16-10-9-15(27-2)13-21(16)28-3/h5-10,12-13,18,22H,4,11H2,1-3H3/t18-,22-/m0/s1. The van der Waals surface area contributed by atoms with Gasteiger partial charge in [-0.2, -0.15) is 0 Å².